The summed E-state index contributed by atoms with van der Waals surface area (Å²) in [7, 11) is 0. The molecule has 144 valence electrons. The monoisotopic (exact) mass is 414 g/mol. The second kappa shape index (κ2) is 8.16. The highest BCUT2D eigenvalue weighted by Gasteiger charge is 2.23. The fourth-order valence-electron chi connectivity index (χ4n) is 3.28. The molecule has 28 heavy (non-hydrogen) atoms. The maximum Gasteiger partial charge on any atom is 0.263 e. The van der Waals surface area contributed by atoms with E-state index in [1.165, 1.54) is 11.3 Å². The van der Waals surface area contributed by atoms with Crippen LogP contribution in [-0.2, 0) is 4.79 Å². The van der Waals surface area contributed by atoms with Gasteiger partial charge in [0.15, 0.2) is 0 Å². The second-order valence-corrected chi connectivity index (χ2v) is 7.93. The average Bonchev–Trinajstić information content (AvgIpc) is 3.09. The molecule has 1 N–H and O–H groups in total. The van der Waals surface area contributed by atoms with Gasteiger partial charge in [0.05, 0.1) is 11.6 Å². The summed E-state index contributed by atoms with van der Waals surface area (Å²) in [5.41, 5.74) is 1.11. The zero-order chi connectivity index (χ0) is 19.5. The predicted molar refractivity (Wildman–Crippen MR) is 112 cm³/mol. The van der Waals surface area contributed by atoms with E-state index in [1.807, 2.05) is 36.4 Å². The molecule has 0 radical (unpaired) electrons. The minimum absolute atomic E-state index is 0.0291. The highest BCUT2D eigenvalue weighted by atomic mass is 35.5. The minimum Gasteiger partial charge on any atom is -0.368 e. The van der Waals surface area contributed by atoms with E-state index in [4.69, 9.17) is 11.6 Å². The second-order valence-electron chi connectivity index (χ2n) is 6.50. The molecule has 3 aromatic rings. The fourth-order valence-corrected chi connectivity index (χ4v) is 4.71. The smallest absolute Gasteiger partial charge is 0.263 e. The van der Waals surface area contributed by atoms with Crippen LogP contribution in [-0.4, -0.2) is 54.4 Å². The summed E-state index contributed by atoms with van der Waals surface area (Å²) >= 11 is 7.67. The molecule has 0 aliphatic carbocycles. The van der Waals surface area contributed by atoms with Crippen molar-refractivity contribution in [1.29, 1.82) is 0 Å². The number of hydrogen-bond donors (Lipinski definition) is 1. The summed E-state index contributed by atoms with van der Waals surface area (Å²) in [6.45, 7) is 2.73. The summed E-state index contributed by atoms with van der Waals surface area (Å²) in [5.74, 6) is -0.394. The van der Waals surface area contributed by atoms with E-state index < -0.39 is 0 Å². The van der Waals surface area contributed by atoms with Crippen LogP contribution in [0.25, 0.3) is 10.1 Å². The molecule has 2 aromatic heterocycles. The number of aromatic nitrogens is 1. The number of nitrogens with one attached hydrogen (secondary N) is 1. The van der Waals surface area contributed by atoms with Gasteiger partial charge in [-0.2, -0.15) is 0 Å². The van der Waals surface area contributed by atoms with Gasteiger partial charge in [-0.25, -0.2) is 0 Å². The Bertz CT molecular complexity index is 1000. The molecule has 1 saturated heterocycles. The van der Waals surface area contributed by atoms with Crippen molar-refractivity contribution in [3.05, 3.63) is 58.7 Å². The molecule has 0 unspecified atom stereocenters. The van der Waals surface area contributed by atoms with Gasteiger partial charge < -0.3 is 15.1 Å². The van der Waals surface area contributed by atoms with Crippen LogP contribution in [0.2, 0.25) is 5.02 Å². The molecular formula is C20H19ClN4O2S. The van der Waals surface area contributed by atoms with Crippen LogP contribution in [0.1, 0.15) is 9.67 Å². The largest absolute Gasteiger partial charge is 0.368 e. The molecular weight excluding hydrogens is 396 g/mol. The fraction of sp³-hybridized carbons (Fsp3) is 0.250. The quantitative estimate of drug-likeness (QED) is 0.712. The Morgan fingerprint density at radius 1 is 1.07 bits per heavy atom. The first-order valence-electron chi connectivity index (χ1n) is 9.01. The van der Waals surface area contributed by atoms with Crippen LogP contribution in [0.5, 0.6) is 0 Å². The van der Waals surface area contributed by atoms with Crippen molar-refractivity contribution in [3.8, 4) is 0 Å². The van der Waals surface area contributed by atoms with Crippen LogP contribution in [0, 0.1) is 0 Å². The van der Waals surface area contributed by atoms with Crippen LogP contribution < -0.4 is 10.2 Å². The number of carbonyl (C=O) groups excluding carboxylic acids is 2. The lowest BCUT2D eigenvalue weighted by atomic mass is 10.2. The van der Waals surface area contributed by atoms with Gasteiger partial charge in [0.25, 0.3) is 5.91 Å². The van der Waals surface area contributed by atoms with E-state index in [9.17, 15) is 9.59 Å². The van der Waals surface area contributed by atoms with Crippen molar-refractivity contribution >= 4 is 50.5 Å². The first kappa shape index (κ1) is 18.7. The number of rotatable bonds is 4. The third-order valence-corrected chi connectivity index (χ3v) is 6.48. The zero-order valence-corrected chi connectivity index (χ0v) is 16.7. The van der Waals surface area contributed by atoms with Crippen LogP contribution in [0.15, 0.2) is 48.8 Å². The number of benzene rings is 1. The van der Waals surface area contributed by atoms with Gasteiger partial charge in [-0.1, -0.05) is 29.8 Å². The predicted octanol–water partition coefficient (Wildman–Crippen LogP) is 3.03. The number of piperazine rings is 1. The van der Waals surface area contributed by atoms with Gasteiger partial charge in [0.1, 0.15) is 4.88 Å². The number of thiophene rings is 1. The molecule has 0 bridgehead atoms. The Morgan fingerprint density at radius 3 is 2.50 bits per heavy atom. The molecule has 3 heterocycles. The molecule has 0 saturated carbocycles. The summed E-state index contributed by atoms with van der Waals surface area (Å²) in [6.07, 6.45) is 3.53. The van der Waals surface area contributed by atoms with E-state index >= 15 is 0 Å². The highest BCUT2D eigenvalue weighted by Crippen LogP contribution is 2.34. The van der Waals surface area contributed by atoms with Crippen LogP contribution >= 0.6 is 22.9 Å². The third kappa shape index (κ3) is 3.81. The van der Waals surface area contributed by atoms with E-state index in [1.54, 1.807) is 17.3 Å². The highest BCUT2D eigenvalue weighted by molar-refractivity contribution is 7.21. The van der Waals surface area contributed by atoms with Crippen molar-refractivity contribution in [1.82, 2.24) is 15.2 Å². The maximum absolute atomic E-state index is 12.5. The van der Waals surface area contributed by atoms with Crippen LogP contribution in [0.4, 0.5) is 5.69 Å². The van der Waals surface area contributed by atoms with E-state index in [2.05, 4.69) is 15.2 Å². The maximum atomic E-state index is 12.5. The summed E-state index contributed by atoms with van der Waals surface area (Å²) in [4.78, 5) is 33.5. The third-order valence-electron chi connectivity index (χ3n) is 4.80. The molecule has 2 amide bonds. The number of hydrogen-bond acceptors (Lipinski definition) is 5. The SMILES string of the molecule is O=C(NCC(=O)N1CCN(c2ccncc2)CC1)c1sc2ccccc2c1Cl. The van der Waals surface area contributed by atoms with Crippen molar-refractivity contribution in [3.63, 3.8) is 0 Å². The average molecular weight is 415 g/mol. The Labute approximate surface area is 171 Å². The Hall–Kier alpha value is -2.64. The van der Waals surface area contributed by atoms with Crippen molar-refractivity contribution in [2.75, 3.05) is 37.6 Å². The lowest BCUT2D eigenvalue weighted by Crippen LogP contribution is -2.51. The molecule has 6 nitrogen and oxygen atoms in total. The lowest BCUT2D eigenvalue weighted by Gasteiger charge is -2.36. The van der Waals surface area contributed by atoms with E-state index in [-0.39, 0.29) is 18.4 Å². The molecule has 8 heteroatoms. The van der Waals surface area contributed by atoms with Gasteiger partial charge in [0, 0.05) is 54.3 Å². The number of fused-ring (bicyclic) bond motifs is 1. The van der Waals surface area contributed by atoms with Crippen molar-refractivity contribution in [2.45, 2.75) is 0 Å². The number of nitrogens with zero attached hydrogens (tertiary/aromatic N) is 3. The number of pyridine rings is 1. The zero-order valence-electron chi connectivity index (χ0n) is 15.1. The standard InChI is InChI=1S/C20H19ClN4O2S/c21-18-15-3-1-2-4-16(15)28-19(18)20(27)23-13-17(26)25-11-9-24(10-12-25)14-5-7-22-8-6-14/h1-8H,9-13H2,(H,23,27). The number of carbonyl (C=O) groups is 2. The molecule has 1 aliphatic rings. The molecule has 0 atom stereocenters. The summed E-state index contributed by atoms with van der Waals surface area (Å²) < 4.78 is 0.955. The molecule has 1 aliphatic heterocycles. The van der Waals surface area contributed by atoms with Gasteiger partial charge in [-0.15, -0.1) is 11.3 Å². The van der Waals surface area contributed by atoms with E-state index in [0.717, 1.165) is 28.9 Å². The normalized spacial score (nSPS) is 14.3. The minimum atomic E-state index is -0.310. The Balaban J connectivity index is 1.32. The van der Waals surface area contributed by atoms with Crippen molar-refractivity contribution < 1.29 is 9.59 Å². The number of halogens is 1. The first-order chi connectivity index (χ1) is 13.6. The van der Waals surface area contributed by atoms with E-state index in [0.29, 0.717) is 23.0 Å². The Morgan fingerprint density at radius 2 is 1.79 bits per heavy atom. The molecule has 1 aromatic carbocycles. The first-order valence-corrected chi connectivity index (χ1v) is 10.2. The van der Waals surface area contributed by atoms with Gasteiger partial charge in [-0.05, 0) is 18.2 Å². The van der Waals surface area contributed by atoms with Gasteiger partial charge in [0.2, 0.25) is 5.91 Å². The van der Waals surface area contributed by atoms with Gasteiger partial charge >= 0.3 is 0 Å². The Kier molecular flexibility index (Phi) is 5.45. The summed E-state index contributed by atoms with van der Waals surface area (Å²) in [5, 5.41) is 4.02. The molecule has 1 fully saturated rings. The number of amides is 2. The molecule has 0 spiro atoms. The van der Waals surface area contributed by atoms with Gasteiger partial charge in [-0.3, -0.25) is 14.6 Å². The summed E-state index contributed by atoms with van der Waals surface area (Å²) in [6, 6.07) is 11.5. The van der Waals surface area contributed by atoms with Crippen LogP contribution in [0.3, 0.4) is 0 Å². The lowest BCUT2D eigenvalue weighted by molar-refractivity contribution is -0.130. The molecule has 4 rings (SSSR count). The van der Waals surface area contributed by atoms with Crippen molar-refractivity contribution in [2.24, 2.45) is 0 Å². The topological polar surface area (TPSA) is 65.5 Å². The number of anilines is 1.